The summed E-state index contributed by atoms with van der Waals surface area (Å²) in [5.41, 5.74) is 1.13. The van der Waals surface area contributed by atoms with Crippen LogP contribution in [0.4, 0.5) is 5.69 Å². The van der Waals surface area contributed by atoms with Crippen LogP contribution in [-0.4, -0.2) is 44.3 Å². The van der Waals surface area contributed by atoms with Crippen molar-refractivity contribution in [3.63, 3.8) is 0 Å². The molecule has 202 valence electrons. The molecule has 3 rings (SSSR count). The highest BCUT2D eigenvalue weighted by Crippen LogP contribution is 2.25. The molecular formula is C28H31ClIN3O4S. The van der Waals surface area contributed by atoms with Crippen LogP contribution in [0.2, 0.25) is 5.02 Å². The van der Waals surface area contributed by atoms with Gasteiger partial charge >= 0.3 is 0 Å². The number of carbonyl (C=O) groups is 2. The first kappa shape index (κ1) is 29.9. The molecule has 7 nitrogen and oxygen atoms in total. The third kappa shape index (κ3) is 7.70. The van der Waals surface area contributed by atoms with Crippen molar-refractivity contribution < 1.29 is 18.0 Å². The predicted molar refractivity (Wildman–Crippen MR) is 160 cm³/mol. The van der Waals surface area contributed by atoms with Crippen molar-refractivity contribution in [2.75, 3.05) is 17.4 Å². The maximum absolute atomic E-state index is 13.9. The van der Waals surface area contributed by atoms with Gasteiger partial charge in [-0.1, -0.05) is 55.8 Å². The van der Waals surface area contributed by atoms with Gasteiger partial charge in [0.05, 0.1) is 10.6 Å². The molecule has 0 heterocycles. The molecule has 0 aliphatic rings. The van der Waals surface area contributed by atoms with Crippen LogP contribution in [-0.2, 0) is 26.2 Å². The molecule has 0 bridgehead atoms. The van der Waals surface area contributed by atoms with E-state index < -0.39 is 28.5 Å². The third-order valence-electron chi connectivity index (χ3n) is 5.93. The van der Waals surface area contributed by atoms with E-state index in [1.807, 2.05) is 13.8 Å². The lowest BCUT2D eigenvalue weighted by Crippen LogP contribution is -2.52. The van der Waals surface area contributed by atoms with Gasteiger partial charge in [0.2, 0.25) is 11.8 Å². The Morgan fingerprint density at radius 1 is 0.947 bits per heavy atom. The second-order valence-electron chi connectivity index (χ2n) is 8.66. The molecule has 0 saturated heterocycles. The zero-order chi connectivity index (χ0) is 27.7. The first-order valence-electron chi connectivity index (χ1n) is 12.3. The van der Waals surface area contributed by atoms with Crippen molar-refractivity contribution in [1.82, 2.24) is 10.2 Å². The van der Waals surface area contributed by atoms with Gasteiger partial charge in [0.1, 0.15) is 12.6 Å². The van der Waals surface area contributed by atoms with Gasteiger partial charge in [0, 0.05) is 21.7 Å². The molecule has 10 heteroatoms. The molecule has 0 saturated carbocycles. The number of hydrogen-bond acceptors (Lipinski definition) is 4. The minimum Gasteiger partial charge on any atom is -0.354 e. The monoisotopic (exact) mass is 667 g/mol. The Morgan fingerprint density at radius 2 is 1.58 bits per heavy atom. The van der Waals surface area contributed by atoms with Crippen molar-refractivity contribution in [3.8, 4) is 0 Å². The smallest absolute Gasteiger partial charge is 0.264 e. The Hall–Kier alpha value is -2.63. The summed E-state index contributed by atoms with van der Waals surface area (Å²) in [4.78, 5) is 28.5. The Kier molecular flexibility index (Phi) is 11.0. The number of carbonyl (C=O) groups excluding carboxylic acids is 2. The van der Waals surface area contributed by atoms with Crippen LogP contribution in [0.3, 0.4) is 0 Å². The molecule has 38 heavy (non-hydrogen) atoms. The minimum atomic E-state index is -4.08. The standard InChI is InChI=1S/C28H31ClIN3O4S/c1-3-18-31-28(35)26(4-2)32(19-21-10-12-22(29)13-11-21)27(34)20-33(24-16-14-23(30)15-17-24)38(36,37)25-8-6-5-7-9-25/h5-17,26H,3-4,18-20H2,1-2H3,(H,31,35)/t26-/m0/s1. The lowest BCUT2D eigenvalue weighted by Gasteiger charge is -2.33. The van der Waals surface area contributed by atoms with Crippen molar-refractivity contribution in [1.29, 1.82) is 0 Å². The van der Waals surface area contributed by atoms with Gasteiger partial charge in [-0.2, -0.15) is 0 Å². The van der Waals surface area contributed by atoms with Crippen LogP contribution in [0.5, 0.6) is 0 Å². The summed E-state index contributed by atoms with van der Waals surface area (Å²) in [6.07, 6.45) is 1.12. The topological polar surface area (TPSA) is 86.8 Å². The fraction of sp³-hybridized carbons (Fsp3) is 0.286. The fourth-order valence-electron chi connectivity index (χ4n) is 3.93. The maximum Gasteiger partial charge on any atom is 0.264 e. The van der Waals surface area contributed by atoms with E-state index >= 15 is 0 Å². The summed E-state index contributed by atoms with van der Waals surface area (Å²) < 4.78 is 29.5. The van der Waals surface area contributed by atoms with Gasteiger partial charge in [0.25, 0.3) is 10.0 Å². The highest BCUT2D eigenvalue weighted by molar-refractivity contribution is 14.1. The molecule has 3 aromatic rings. The van der Waals surface area contributed by atoms with Crippen molar-refractivity contribution in [3.05, 3.63) is 93.0 Å². The summed E-state index contributed by atoms with van der Waals surface area (Å²) in [7, 11) is -4.08. The van der Waals surface area contributed by atoms with Gasteiger partial charge in [-0.3, -0.25) is 13.9 Å². The largest absolute Gasteiger partial charge is 0.354 e. The van der Waals surface area contributed by atoms with Gasteiger partial charge in [0.15, 0.2) is 0 Å². The Morgan fingerprint density at radius 3 is 2.16 bits per heavy atom. The molecule has 0 aromatic heterocycles. The molecule has 3 aromatic carbocycles. The van der Waals surface area contributed by atoms with Crippen molar-refractivity contribution in [2.24, 2.45) is 0 Å². The number of sulfonamides is 1. The number of anilines is 1. The number of rotatable bonds is 12. The van der Waals surface area contributed by atoms with E-state index in [4.69, 9.17) is 11.6 Å². The molecule has 0 unspecified atom stereocenters. The predicted octanol–water partition coefficient (Wildman–Crippen LogP) is 5.47. The van der Waals surface area contributed by atoms with E-state index in [9.17, 15) is 18.0 Å². The van der Waals surface area contributed by atoms with Crippen molar-refractivity contribution >= 4 is 61.7 Å². The normalized spacial score (nSPS) is 12.0. The van der Waals surface area contributed by atoms with Crippen LogP contribution in [0.15, 0.2) is 83.8 Å². The van der Waals surface area contributed by atoms with Gasteiger partial charge in [-0.15, -0.1) is 0 Å². The first-order chi connectivity index (χ1) is 18.2. The van der Waals surface area contributed by atoms with E-state index in [-0.39, 0.29) is 17.3 Å². The fourth-order valence-corrected chi connectivity index (χ4v) is 5.85. The summed E-state index contributed by atoms with van der Waals surface area (Å²) in [6.45, 7) is 3.92. The molecule has 0 radical (unpaired) electrons. The maximum atomic E-state index is 13.9. The zero-order valence-corrected chi connectivity index (χ0v) is 25.0. The van der Waals surface area contributed by atoms with Crippen LogP contribution >= 0.6 is 34.2 Å². The number of nitrogens with one attached hydrogen (secondary N) is 1. The molecule has 0 spiro atoms. The molecule has 0 aliphatic carbocycles. The number of hydrogen-bond donors (Lipinski definition) is 1. The highest BCUT2D eigenvalue weighted by atomic mass is 127. The van der Waals surface area contributed by atoms with Gasteiger partial charge in [-0.05, 0) is 89.5 Å². The Bertz CT molecular complexity index is 1320. The number of nitrogens with zero attached hydrogens (tertiary/aromatic N) is 2. The summed E-state index contributed by atoms with van der Waals surface area (Å²) in [5.74, 6) is -0.764. The average molecular weight is 668 g/mol. The third-order valence-corrected chi connectivity index (χ3v) is 8.69. The van der Waals surface area contributed by atoms with E-state index in [2.05, 4.69) is 27.9 Å². The average Bonchev–Trinajstić information content (AvgIpc) is 2.92. The highest BCUT2D eigenvalue weighted by Gasteiger charge is 2.33. The van der Waals surface area contributed by atoms with E-state index in [0.717, 1.165) is 19.9 Å². The Labute approximate surface area is 243 Å². The molecular weight excluding hydrogens is 637 g/mol. The number of benzene rings is 3. The van der Waals surface area contributed by atoms with Crippen LogP contribution in [0.25, 0.3) is 0 Å². The second kappa shape index (κ2) is 14.0. The SMILES string of the molecule is CCCNC(=O)[C@H](CC)N(Cc1ccc(Cl)cc1)C(=O)CN(c1ccc(I)cc1)S(=O)(=O)c1ccccc1. The lowest BCUT2D eigenvalue weighted by molar-refractivity contribution is -0.140. The van der Waals surface area contributed by atoms with E-state index in [0.29, 0.717) is 23.7 Å². The number of amides is 2. The summed E-state index contributed by atoms with van der Waals surface area (Å²) >= 11 is 8.18. The summed E-state index contributed by atoms with van der Waals surface area (Å²) in [5, 5.41) is 3.43. The molecule has 0 aliphatic heterocycles. The number of halogens is 2. The zero-order valence-electron chi connectivity index (χ0n) is 21.3. The molecule has 2 amide bonds. The van der Waals surface area contributed by atoms with E-state index in [1.54, 1.807) is 66.7 Å². The lowest BCUT2D eigenvalue weighted by atomic mass is 10.1. The summed E-state index contributed by atoms with van der Waals surface area (Å²) in [6, 6.07) is 21.1. The van der Waals surface area contributed by atoms with Crippen molar-refractivity contribution in [2.45, 2.75) is 44.2 Å². The van der Waals surface area contributed by atoms with Crippen LogP contribution in [0.1, 0.15) is 32.3 Å². The molecule has 1 atom stereocenters. The van der Waals surface area contributed by atoms with Gasteiger partial charge < -0.3 is 10.2 Å². The van der Waals surface area contributed by atoms with Gasteiger partial charge in [-0.25, -0.2) is 8.42 Å². The Balaban J connectivity index is 2.02. The van der Waals surface area contributed by atoms with Crippen LogP contribution in [0, 0.1) is 3.57 Å². The molecule has 1 N–H and O–H groups in total. The minimum absolute atomic E-state index is 0.0725. The van der Waals surface area contributed by atoms with Crippen LogP contribution < -0.4 is 9.62 Å². The quantitative estimate of drug-likeness (QED) is 0.260. The van der Waals surface area contributed by atoms with E-state index in [1.165, 1.54) is 17.0 Å². The first-order valence-corrected chi connectivity index (χ1v) is 15.2. The molecule has 0 fully saturated rings. The second-order valence-corrected chi connectivity index (χ2v) is 12.2.